The quantitative estimate of drug-likeness (QED) is 0.698. The molecule has 1 aromatic heterocycles. The van der Waals surface area contributed by atoms with Crippen LogP contribution in [0.5, 0.6) is 0 Å². The summed E-state index contributed by atoms with van der Waals surface area (Å²) < 4.78 is 0. The van der Waals surface area contributed by atoms with Gasteiger partial charge in [-0.1, -0.05) is 41.9 Å². The van der Waals surface area contributed by atoms with Crippen LogP contribution in [0, 0.1) is 0 Å². The van der Waals surface area contributed by atoms with Crippen molar-refractivity contribution in [3.63, 3.8) is 0 Å². The number of hydrogen-bond acceptors (Lipinski definition) is 4. The molecule has 2 aromatic carbocycles. The zero-order valence-corrected chi connectivity index (χ0v) is 10.7. The summed E-state index contributed by atoms with van der Waals surface area (Å²) in [5.74, 6) is 0.726. The van der Waals surface area contributed by atoms with E-state index in [2.05, 4.69) is 27.4 Å². The number of rotatable bonds is 2. The maximum absolute atomic E-state index is 5.84. The molecule has 0 amide bonds. The Morgan fingerprint density at radius 3 is 2.53 bits per heavy atom. The minimum atomic E-state index is 0.149. The van der Waals surface area contributed by atoms with Crippen LogP contribution in [0.3, 0.4) is 0 Å². The van der Waals surface area contributed by atoms with Gasteiger partial charge in [-0.15, -0.1) is 0 Å². The molecule has 0 radical (unpaired) electrons. The largest absolute Gasteiger partial charge is 0.368 e. The molecule has 0 unspecified atom stereocenters. The van der Waals surface area contributed by atoms with E-state index < -0.39 is 0 Å². The predicted molar refractivity (Wildman–Crippen MR) is 78.7 cm³/mol. The molecule has 0 fully saturated rings. The van der Waals surface area contributed by atoms with Crippen molar-refractivity contribution in [2.24, 2.45) is 0 Å². The second-order valence-electron chi connectivity index (χ2n) is 4.12. The van der Waals surface area contributed by atoms with Gasteiger partial charge in [0.05, 0.1) is 0 Å². The monoisotopic (exact) mass is 270 g/mol. The number of nitrogen functional groups attached to an aromatic ring is 1. The van der Waals surface area contributed by atoms with Gasteiger partial charge < -0.3 is 11.1 Å². The van der Waals surface area contributed by atoms with E-state index in [1.165, 1.54) is 5.39 Å². The first-order chi connectivity index (χ1) is 9.20. The Balaban J connectivity index is 1.96. The second kappa shape index (κ2) is 4.74. The van der Waals surface area contributed by atoms with Gasteiger partial charge in [-0.05, 0) is 22.9 Å². The Morgan fingerprint density at radius 2 is 1.74 bits per heavy atom. The average molecular weight is 271 g/mol. The lowest BCUT2D eigenvalue weighted by Crippen LogP contribution is -1.99. The highest BCUT2D eigenvalue weighted by molar-refractivity contribution is 6.29. The maximum atomic E-state index is 5.84. The first kappa shape index (κ1) is 11.7. The van der Waals surface area contributed by atoms with Crippen LogP contribution in [0.4, 0.5) is 17.5 Å². The molecule has 0 aliphatic carbocycles. The first-order valence-corrected chi connectivity index (χ1v) is 6.14. The number of nitrogens with two attached hydrogens (primary N) is 1. The van der Waals surface area contributed by atoms with Crippen molar-refractivity contribution in [1.82, 2.24) is 9.97 Å². The summed E-state index contributed by atoms with van der Waals surface area (Å²) in [4.78, 5) is 7.90. The fourth-order valence-corrected chi connectivity index (χ4v) is 2.10. The van der Waals surface area contributed by atoms with Crippen LogP contribution in [0.2, 0.25) is 5.15 Å². The lowest BCUT2D eigenvalue weighted by atomic mass is 10.1. The van der Waals surface area contributed by atoms with Gasteiger partial charge in [0.1, 0.15) is 11.0 Å². The van der Waals surface area contributed by atoms with Gasteiger partial charge >= 0.3 is 0 Å². The van der Waals surface area contributed by atoms with E-state index in [4.69, 9.17) is 17.3 Å². The van der Waals surface area contributed by atoms with Crippen LogP contribution >= 0.6 is 11.6 Å². The highest BCUT2D eigenvalue weighted by Gasteiger charge is 2.02. The van der Waals surface area contributed by atoms with E-state index in [1.54, 1.807) is 6.07 Å². The third-order valence-corrected chi connectivity index (χ3v) is 2.93. The molecular formula is C14H11ClN4. The van der Waals surface area contributed by atoms with E-state index in [1.807, 2.05) is 30.3 Å². The van der Waals surface area contributed by atoms with E-state index in [0.29, 0.717) is 11.0 Å². The number of nitrogens with zero attached hydrogens (tertiary/aromatic N) is 2. The fourth-order valence-electron chi connectivity index (χ4n) is 1.91. The highest BCUT2D eigenvalue weighted by Crippen LogP contribution is 2.22. The summed E-state index contributed by atoms with van der Waals surface area (Å²) in [6, 6.07) is 15.8. The van der Waals surface area contributed by atoms with Crippen LogP contribution in [-0.2, 0) is 0 Å². The smallest absolute Gasteiger partial charge is 0.223 e. The Kier molecular flexibility index (Phi) is 2.93. The molecule has 19 heavy (non-hydrogen) atoms. The first-order valence-electron chi connectivity index (χ1n) is 5.76. The van der Waals surface area contributed by atoms with Gasteiger partial charge in [0.15, 0.2) is 0 Å². The van der Waals surface area contributed by atoms with Gasteiger partial charge in [0.2, 0.25) is 5.95 Å². The van der Waals surface area contributed by atoms with Gasteiger partial charge in [0, 0.05) is 11.8 Å². The zero-order valence-electron chi connectivity index (χ0n) is 9.97. The van der Waals surface area contributed by atoms with Crippen LogP contribution in [0.25, 0.3) is 10.8 Å². The molecule has 4 nitrogen and oxygen atoms in total. The van der Waals surface area contributed by atoms with Crippen LogP contribution in [-0.4, -0.2) is 9.97 Å². The van der Waals surface area contributed by atoms with Crippen molar-refractivity contribution in [3.05, 3.63) is 53.7 Å². The second-order valence-corrected chi connectivity index (χ2v) is 4.51. The standard InChI is InChI=1S/C14H11ClN4/c15-12-8-13(19-14(16)18-12)17-11-6-5-9-3-1-2-4-10(9)7-11/h1-8H,(H3,16,17,18,19). The summed E-state index contributed by atoms with van der Waals surface area (Å²) in [5.41, 5.74) is 6.48. The van der Waals surface area contributed by atoms with Crippen LogP contribution < -0.4 is 11.1 Å². The van der Waals surface area contributed by atoms with Crippen molar-refractivity contribution in [2.75, 3.05) is 11.1 Å². The summed E-state index contributed by atoms with van der Waals surface area (Å²) in [6.07, 6.45) is 0. The van der Waals surface area contributed by atoms with Crippen LogP contribution in [0.15, 0.2) is 48.5 Å². The molecule has 0 spiro atoms. The average Bonchev–Trinajstić information content (AvgIpc) is 2.37. The molecule has 5 heteroatoms. The lowest BCUT2D eigenvalue weighted by Gasteiger charge is -2.07. The lowest BCUT2D eigenvalue weighted by molar-refractivity contribution is 1.18. The van der Waals surface area contributed by atoms with Crippen molar-refractivity contribution >= 4 is 39.8 Å². The summed E-state index contributed by atoms with van der Waals surface area (Å²) in [6.45, 7) is 0. The molecule has 0 saturated carbocycles. The Morgan fingerprint density at radius 1 is 0.947 bits per heavy atom. The number of anilines is 3. The van der Waals surface area contributed by atoms with Gasteiger partial charge in [-0.2, -0.15) is 4.98 Å². The van der Waals surface area contributed by atoms with Crippen molar-refractivity contribution < 1.29 is 0 Å². The number of halogens is 1. The summed E-state index contributed by atoms with van der Waals surface area (Å²) >= 11 is 5.84. The molecule has 3 N–H and O–H groups in total. The predicted octanol–water partition coefficient (Wildman–Crippen LogP) is 3.61. The molecular weight excluding hydrogens is 260 g/mol. The van der Waals surface area contributed by atoms with Crippen molar-refractivity contribution in [1.29, 1.82) is 0 Å². The zero-order chi connectivity index (χ0) is 13.2. The molecule has 3 rings (SSSR count). The van der Waals surface area contributed by atoms with Crippen molar-refractivity contribution in [2.45, 2.75) is 0 Å². The highest BCUT2D eigenvalue weighted by atomic mass is 35.5. The van der Waals surface area contributed by atoms with Gasteiger partial charge in [-0.25, -0.2) is 4.98 Å². The molecule has 0 saturated heterocycles. The molecule has 0 bridgehead atoms. The van der Waals surface area contributed by atoms with E-state index in [0.717, 1.165) is 11.1 Å². The van der Waals surface area contributed by atoms with E-state index in [-0.39, 0.29) is 5.95 Å². The molecule has 0 aliphatic heterocycles. The SMILES string of the molecule is Nc1nc(Cl)cc(Nc2ccc3ccccc3c2)n1. The number of aromatic nitrogens is 2. The third kappa shape index (κ3) is 2.58. The number of fused-ring (bicyclic) bond motifs is 1. The maximum Gasteiger partial charge on any atom is 0.223 e. The molecule has 94 valence electrons. The van der Waals surface area contributed by atoms with Crippen molar-refractivity contribution in [3.8, 4) is 0 Å². The topological polar surface area (TPSA) is 63.8 Å². The Bertz CT molecular complexity index is 722. The van der Waals surface area contributed by atoms with Gasteiger partial charge in [0.25, 0.3) is 0 Å². The Labute approximate surface area is 115 Å². The number of hydrogen-bond donors (Lipinski definition) is 2. The van der Waals surface area contributed by atoms with E-state index >= 15 is 0 Å². The number of nitrogens with one attached hydrogen (secondary N) is 1. The number of benzene rings is 2. The Hall–Kier alpha value is -2.33. The summed E-state index contributed by atoms with van der Waals surface area (Å²) in [7, 11) is 0. The fraction of sp³-hybridized carbons (Fsp3) is 0. The molecule has 0 aliphatic rings. The van der Waals surface area contributed by atoms with E-state index in [9.17, 15) is 0 Å². The molecule has 3 aromatic rings. The molecule has 1 heterocycles. The third-order valence-electron chi connectivity index (χ3n) is 2.73. The molecule has 0 atom stereocenters. The normalized spacial score (nSPS) is 10.6. The summed E-state index contributed by atoms with van der Waals surface area (Å²) in [5, 5.41) is 5.82. The minimum absolute atomic E-state index is 0.149. The van der Waals surface area contributed by atoms with Gasteiger partial charge in [-0.3, -0.25) is 0 Å². The van der Waals surface area contributed by atoms with Crippen LogP contribution in [0.1, 0.15) is 0 Å². The minimum Gasteiger partial charge on any atom is -0.368 e.